The van der Waals surface area contributed by atoms with E-state index in [0.717, 1.165) is 17.4 Å². The molecule has 35 heavy (non-hydrogen) atoms. The monoisotopic (exact) mass is 541 g/mol. The second kappa shape index (κ2) is 12.6. The van der Waals surface area contributed by atoms with Gasteiger partial charge in [0.1, 0.15) is 6.04 Å². The minimum atomic E-state index is -3.56. The number of hydrogen-bond acceptors (Lipinski definition) is 4. The molecular weight excluding hydrogens is 509 g/mol. The number of aryl methyl sites for hydroxylation is 1. The number of halogens is 2. The van der Waals surface area contributed by atoms with Crippen LogP contribution < -0.4 is 9.62 Å². The summed E-state index contributed by atoms with van der Waals surface area (Å²) in [7, 11) is -2.05. The van der Waals surface area contributed by atoms with Crippen LogP contribution in [0.15, 0.2) is 36.4 Å². The van der Waals surface area contributed by atoms with Gasteiger partial charge in [-0.3, -0.25) is 13.9 Å². The van der Waals surface area contributed by atoms with Crippen LogP contribution >= 0.6 is 23.2 Å². The van der Waals surface area contributed by atoms with E-state index in [9.17, 15) is 18.0 Å². The highest BCUT2D eigenvalue weighted by Gasteiger charge is 2.29. The molecule has 2 aromatic rings. The molecule has 1 N–H and O–H groups in total. The van der Waals surface area contributed by atoms with Gasteiger partial charge in [0, 0.05) is 42.2 Å². The Hall–Kier alpha value is -2.29. The Kier molecular flexibility index (Phi) is 10.4. The average molecular weight is 543 g/mol. The minimum absolute atomic E-state index is 0.0481. The van der Waals surface area contributed by atoms with Gasteiger partial charge >= 0.3 is 0 Å². The van der Waals surface area contributed by atoms with Gasteiger partial charge in [0.25, 0.3) is 0 Å². The molecule has 2 aromatic carbocycles. The van der Waals surface area contributed by atoms with Crippen molar-refractivity contribution in [1.82, 2.24) is 10.2 Å². The molecule has 0 aliphatic carbocycles. The Morgan fingerprint density at radius 2 is 1.66 bits per heavy atom. The summed E-state index contributed by atoms with van der Waals surface area (Å²) in [6.45, 7) is 5.81. The van der Waals surface area contributed by atoms with Crippen LogP contribution in [0.1, 0.15) is 42.9 Å². The van der Waals surface area contributed by atoms with Crippen LogP contribution in [0, 0.1) is 13.8 Å². The summed E-state index contributed by atoms with van der Waals surface area (Å²) >= 11 is 12.7. The van der Waals surface area contributed by atoms with Gasteiger partial charge in [0.15, 0.2) is 0 Å². The number of rotatable bonds is 11. The highest BCUT2D eigenvalue weighted by atomic mass is 35.5. The quantitative estimate of drug-likeness (QED) is 0.446. The summed E-state index contributed by atoms with van der Waals surface area (Å²) < 4.78 is 26.4. The molecule has 0 aliphatic heterocycles. The van der Waals surface area contributed by atoms with Gasteiger partial charge < -0.3 is 10.2 Å². The molecule has 7 nitrogen and oxygen atoms in total. The molecule has 0 saturated heterocycles. The molecule has 0 radical (unpaired) electrons. The first-order valence-electron chi connectivity index (χ1n) is 11.4. The second-order valence-corrected chi connectivity index (χ2v) is 11.1. The maximum atomic E-state index is 13.4. The van der Waals surface area contributed by atoms with Crippen molar-refractivity contribution in [2.45, 2.75) is 52.6 Å². The van der Waals surface area contributed by atoms with Crippen molar-refractivity contribution in [2.75, 3.05) is 24.2 Å². The highest BCUT2D eigenvalue weighted by Crippen LogP contribution is 2.28. The molecule has 1 unspecified atom stereocenters. The van der Waals surface area contributed by atoms with E-state index < -0.39 is 16.1 Å². The van der Waals surface area contributed by atoms with Crippen molar-refractivity contribution < 1.29 is 18.0 Å². The molecule has 0 aromatic heterocycles. The lowest BCUT2D eigenvalue weighted by atomic mass is 10.1. The fourth-order valence-corrected chi connectivity index (χ4v) is 5.46. The molecule has 0 fully saturated rings. The Morgan fingerprint density at radius 1 is 1.06 bits per heavy atom. The number of anilines is 1. The van der Waals surface area contributed by atoms with Crippen molar-refractivity contribution >= 4 is 50.7 Å². The zero-order valence-electron chi connectivity index (χ0n) is 20.8. The van der Waals surface area contributed by atoms with E-state index >= 15 is 0 Å². The number of nitrogens with zero attached hydrogens (tertiary/aromatic N) is 2. The number of sulfonamides is 1. The first-order chi connectivity index (χ1) is 16.4. The lowest BCUT2D eigenvalue weighted by Gasteiger charge is -2.31. The predicted molar refractivity (Wildman–Crippen MR) is 142 cm³/mol. The SMILES string of the molecule is CCC(C(=O)NC)N(Cc1c(Cl)cccc1Cl)C(=O)CCCN(c1cccc(C)c1C)S(C)(=O)=O. The third kappa shape index (κ3) is 7.35. The number of hydrogen-bond donors (Lipinski definition) is 1. The normalized spacial score (nSPS) is 12.2. The van der Waals surface area contributed by atoms with Crippen LogP contribution in [-0.4, -0.2) is 51.0 Å². The van der Waals surface area contributed by atoms with E-state index in [1.165, 1.54) is 16.3 Å². The largest absolute Gasteiger partial charge is 0.357 e. The second-order valence-electron chi connectivity index (χ2n) is 8.42. The molecule has 10 heteroatoms. The van der Waals surface area contributed by atoms with Crippen LogP contribution in [0.25, 0.3) is 0 Å². The summed E-state index contributed by atoms with van der Waals surface area (Å²) in [6, 6.07) is 9.85. The summed E-state index contributed by atoms with van der Waals surface area (Å²) in [4.78, 5) is 27.4. The van der Waals surface area contributed by atoms with Crippen molar-refractivity contribution in [3.05, 3.63) is 63.1 Å². The summed E-state index contributed by atoms with van der Waals surface area (Å²) in [5.41, 5.74) is 2.99. The maximum Gasteiger partial charge on any atom is 0.242 e. The van der Waals surface area contributed by atoms with Gasteiger partial charge in [-0.1, -0.05) is 48.3 Å². The Labute approximate surface area is 218 Å². The molecule has 2 amide bonds. The molecule has 0 bridgehead atoms. The number of carbonyl (C=O) groups excluding carboxylic acids is 2. The van der Waals surface area contributed by atoms with Crippen LogP contribution in [0.2, 0.25) is 10.0 Å². The van der Waals surface area contributed by atoms with Gasteiger partial charge in [-0.2, -0.15) is 0 Å². The van der Waals surface area contributed by atoms with Gasteiger partial charge in [-0.25, -0.2) is 8.42 Å². The Morgan fingerprint density at radius 3 is 2.20 bits per heavy atom. The number of carbonyl (C=O) groups is 2. The Bertz CT molecular complexity index is 1150. The van der Waals surface area contributed by atoms with Gasteiger partial charge in [-0.15, -0.1) is 0 Å². The molecule has 0 spiro atoms. The first kappa shape index (κ1) is 28.9. The third-order valence-electron chi connectivity index (χ3n) is 6.02. The van der Waals surface area contributed by atoms with Crippen LogP contribution in [-0.2, 0) is 26.2 Å². The van der Waals surface area contributed by atoms with Crippen molar-refractivity contribution in [2.24, 2.45) is 0 Å². The lowest BCUT2D eigenvalue weighted by Crippen LogP contribution is -2.48. The van der Waals surface area contributed by atoms with E-state index in [1.54, 1.807) is 24.3 Å². The van der Waals surface area contributed by atoms with Gasteiger partial charge in [0.2, 0.25) is 21.8 Å². The van der Waals surface area contributed by atoms with E-state index in [-0.39, 0.29) is 37.7 Å². The smallest absolute Gasteiger partial charge is 0.242 e. The van der Waals surface area contributed by atoms with Crippen LogP contribution in [0.4, 0.5) is 5.69 Å². The van der Waals surface area contributed by atoms with E-state index in [2.05, 4.69) is 5.32 Å². The van der Waals surface area contributed by atoms with Gasteiger partial charge in [0.05, 0.1) is 11.9 Å². The van der Waals surface area contributed by atoms with E-state index in [4.69, 9.17) is 23.2 Å². The van der Waals surface area contributed by atoms with Crippen molar-refractivity contribution in [1.29, 1.82) is 0 Å². The topological polar surface area (TPSA) is 86.8 Å². The maximum absolute atomic E-state index is 13.4. The van der Waals surface area contributed by atoms with Gasteiger partial charge in [-0.05, 0) is 56.0 Å². The number of nitrogens with one attached hydrogen (secondary N) is 1. The fraction of sp³-hybridized carbons (Fsp3) is 0.440. The van der Waals surface area contributed by atoms with E-state index in [1.807, 2.05) is 32.9 Å². The molecule has 0 saturated carbocycles. The first-order valence-corrected chi connectivity index (χ1v) is 14.0. The predicted octanol–water partition coefficient (Wildman–Crippen LogP) is 4.71. The molecule has 1 atom stereocenters. The molecule has 2 rings (SSSR count). The summed E-state index contributed by atoms with van der Waals surface area (Å²) in [5, 5.41) is 3.41. The number of amides is 2. The molecule has 192 valence electrons. The van der Waals surface area contributed by atoms with Crippen LogP contribution in [0.5, 0.6) is 0 Å². The zero-order valence-corrected chi connectivity index (χ0v) is 23.1. The van der Waals surface area contributed by atoms with Crippen molar-refractivity contribution in [3.8, 4) is 0 Å². The number of benzene rings is 2. The molecule has 0 aliphatic rings. The molecular formula is C25H33Cl2N3O4S. The molecule has 0 heterocycles. The zero-order chi connectivity index (χ0) is 26.3. The number of likely N-dealkylation sites (N-methyl/N-ethyl adjacent to an activating group) is 1. The fourth-order valence-electron chi connectivity index (χ4n) is 3.93. The van der Waals surface area contributed by atoms with Crippen molar-refractivity contribution in [3.63, 3.8) is 0 Å². The van der Waals surface area contributed by atoms with E-state index in [0.29, 0.717) is 27.7 Å². The average Bonchev–Trinajstić information content (AvgIpc) is 2.79. The summed E-state index contributed by atoms with van der Waals surface area (Å²) in [6.07, 6.45) is 1.87. The lowest BCUT2D eigenvalue weighted by molar-refractivity contribution is -0.141. The summed E-state index contributed by atoms with van der Waals surface area (Å²) in [5.74, 6) is -0.581. The minimum Gasteiger partial charge on any atom is -0.357 e. The third-order valence-corrected chi connectivity index (χ3v) is 7.91. The highest BCUT2D eigenvalue weighted by molar-refractivity contribution is 7.92. The van der Waals surface area contributed by atoms with Crippen LogP contribution in [0.3, 0.4) is 0 Å². The Balaban J connectivity index is 2.28. The standard InChI is InChI=1S/C25H33Cl2N3O4S/c1-6-22(25(32)28-4)29(16-19-20(26)11-8-12-21(19)27)24(31)14-9-15-30(35(5,33)34)23-13-7-10-17(2)18(23)3/h7-8,10-13,22H,6,9,14-16H2,1-5H3,(H,28,32).